The van der Waals surface area contributed by atoms with Gasteiger partial charge in [0, 0.05) is 50.0 Å². The number of unbranched alkanes of at least 4 members (excludes halogenated alkanes) is 1. The van der Waals surface area contributed by atoms with Crippen LogP contribution in [0.15, 0.2) is 47.9 Å². The summed E-state index contributed by atoms with van der Waals surface area (Å²) in [5, 5.41) is 0. The van der Waals surface area contributed by atoms with E-state index in [9.17, 15) is 26.4 Å². The molecule has 1 aromatic carbocycles. The molecule has 1 atom stereocenters. The van der Waals surface area contributed by atoms with Gasteiger partial charge in [0.05, 0.1) is 16.8 Å². The van der Waals surface area contributed by atoms with Crippen LogP contribution in [0.1, 0.15) is 58.4 Å². The number of hydrogen-bond acceptors (Lipinski definition) is 4. The molecule has 0 aliphatic carbocycles. The molecular formula is C25H35F3N4O3S. The lowest BCUT2D eigenvalue weighted by Gasteiger charge is -2.40. The Morgan fingerprint density at radius 2 is 1.86 bits per heavy atom. The fraction of sp³-hybridized carbons (Fsp3) is 0.600. The number of nitrogens with zero attached hydrogens (tertiary/aromatic N) is 4. The summed E-state index contributed by atoms with van der Waals surface area (Å²) in [7, 11) is -4.15. The van der Waals surface area contributed by atoms with Crippen LogP contribution in [0.3, 0.4) is 0 Å². The molecule has 1 aliphatic heterocycles. The average molecular weight is 529 g/mol. The summed E-state index contributed by atoms with van der Waals surface area (Å²) < 4.78 is 69.6. The number of benzene rings is 1. The Morgan fingerprint density at radius 1 is 1.17 bits per heavy atom. The molecule has 0 bridgehead atoms. The van der Waals surface area contributed by atoms with Gasteiger partial charge in [0.2, 0.25) is 15.9 Å². The monoisotopic (exact) mass is 528 g/mol. The number of hydrogen-bond donors (Lipinski definition) is 0. The van der Waals surface area contributed by atoms with Crippen molar-refractivity contribution in [2.75, 3.05) is 13.1 Å². The van der Waals surface area contributed by atoms with Gasteiger partial charge in [-0.25, -0.2) is 13.4 Å². The number of likely N-dealkylation sites (tertiary alicyclic amines) is 1. The number of amides is 1. The highest BCUT2D eigenvalue weighted by Gasteiger charge is 2.38. The van der Waals surface area contributed by atoms with Crippen LogP contribution in [-0.4, -0.2) is 58.3 Å². The summed E-state index contributed by atoms with van der Waals surface area (Å²) in [5.74, 6) is -0.0627. The van der Waals surface area contributed by atoms with Gasteiger partial charge in [-0.2, -0.15) is 17.5 Å². The van der Waals surface area contributed by atoms with Gasteiger partial charge in [0.15, 0.2) is 0 Å². The van der Waals surface area contributed by atoms with Crippen LogP contribution in [0, 0.1) is 5.92 Å². The van der Waals surface area contributed by atoms with Gasteiger partial charge in [-0.15, -0.1) is 0 Å². The third-order valence-corrected chi connectivity index (χ3v) is 8.79. The van der Waals surface area contributed by atoms with E-state index in [1.807, 2.05) is 17.7 Å². The van der Waals surface area contributed by atoms with Crippen LogP contribution in [0.2, 0.25) is 0 Å². The minimum atomic E-state index is -4.63. The minimum Gasteiger partial charge on any atom is -0.342 e. The van der Waals surface area contributed by atoms with Crippen molar-refractivity contribution < 1.29 is 26.4 Å². The first-order chi connectivity index (χ1) is 16.9. The lowest BCUT2D eigenvalue weighted by Crippen LogP contribution is -2.51. The second-order valence-corrected chi connectivity index (χ2v) is 11.6. The number of aromatic nitrogens is 2. The molecule has 0 spiro atoms. The molecule has 1 amide bonds. The Kier molecular flexibility index (Phi) is 9.21. The second-order valence-electron chi connectivity index (χ2n) is 9.71. The molecule has 1 unspecified atom stereocenters. The Balaban J connectivity index is 1.59. The van der Waals surface area contributed by atoms with Crippen LogP contribution >= 0.6 is 0 Å². The number of rotatable bonds is 10. The van der Waals surface area contributed by atoms with Crippen LogP contribution in [-0.2, 0) is 27.5 Å². The maximum atomic E-state index is 13.4. The maximum absolute atomic E-state index is 13.4. The van der Waals surface area contributed by atoms with Crippen molar-refractivity contribution in [3.8, 4) is 0 Å². The summed E-state index contributed by atoms with van der Waals surface area (Å²) in [4.78, 5) is 18.4. The molecule has 1 fully saturated rings. The predicted molar refractivity (Wildman–Crippen MR) is 130 cm³/mol. The van der Waals surface area contributed by atoms with Crippen LogP contribution in [0.4, 0.5) is 13.2 Å². The molecule has 200 valence electrons. The highest BCUT2D eigenvalue weighted by molar-refractivity contribution is 7.89. The topological polar surface area (TPSA) is 75.5 Å². The first-order valence-corrected chi connectivity index (χ1v) is 13.8. The van der Waals surface area contributed by atoms with Crippen molar-refractivity contribution >= 4 is 15.9 Å². The molecule has 0 N–H and O–H groups in total. The minimum absolute atomic E-state index is 0.0629. The highest BCUT2D eigenvalue weighted by Crippen LogP contribution is 2.33. The van der Waals surface area contributed by atoms with Crippen LogP contribution < -0.4 is 0 Å². The second kappa shape index (κ2) is 11.8. The van der Waals surface area contributed by atoms with E-state index < -0.39 is 27.8 Å². The number of piperidine rings is 1. The molecule has 0 radical (unpaired) electrons. The zero-order valence-electron chi connectivity index (χ0n) is 21.0. The molecule has 2 heterocycles. The largest absolute Gasteiger partial charge is 0.416 e. The summed E-state index contributed by atoms with van der Waals surface area (Å²) in [6.07, 6.45) is 4.31. The average Bonchev–Trinajstić information content (AvgIpc) is 3.34. The Labute approximate surface area is 211 Å². The van der Waals surface area contributed by atoms with Crippen LogP contribution in [0.25, 0.3) is 0 Å². The van der Waals surface area contributed by atoms with Crippen molar-refractivity contribution in [3.63, 3.8) is 0 Å². The fourth-order valence-corrected chi connectivity index (χ4v) is 6.72. The molecule has 11 heteroatoms. The SMILES string of the molecule is CC(CCCCn1ccnc1)C(=O)N1CCC(N(C(C)C)S(=O)(=O)c2cccc(C(F)(F)F)c2)CC1. The van der Waals surface area contributed by atoms with Crippen molar-refractivity contribution in [3.05, 3.63) is 48.5 Å². The third kappa shape index (κ3) is 6.88. The Morgan fingerprint density at radius 3 is 2.44 bits per heavy atom. The molecule has 1 aromatic heterocycles. The van der Waals surface area contributed by atoms with E-state index in [1.54, 1.807) is 31.3 Å². The van der Waals surface area contributed by atoms with Gasteiger partial charge in [-0.1, -0.05) is 19.4 Å². The normalized spacial score (nSPS) is 16.6. The van der Waals surface area contributed by atoms with Gasteiger partial charge in [0.25, 0.3) is 0 Å². The molecular weight excluding hydrogens is 493 g/mol. The van der Waals surface area contributed by atoms with Crippen molar-refractivity contribution in [1.82, 2.24) is 18.8 Å². The van der Waals surface area contributed by atoms with E-state index in [-0.39, 0.29) is 22.8 Å². The zero-order chi connectivity index (χ0) is 26.5. The number of carbonyl (C=O) groups excluding carboxylic acids is 1. The van der Waals surface area contributed by atoms with E-state index in [1.165, 1.54) is 10.4 Å². The Bertz CT molecular complexity index is 1100. The van der Waals surface area contributed by atoms with E-state index >= 15 is 0 Å². The number of halogens is 3. The smallest absolute Gasteiger partial charge is 0.342 e. The third-order valence-electron chi connectivity index (χ3n) is 6.67. The van der Waals surface area contributed by atoms with Gasteiger partial charge < -0.3 is 9.47 Å². The summed E-state index contributed by atoms with van der Waals surface area (Å²) in [6, 6.07) is 3.05. The number of sulfonamides is 1. The maximum Gasteiger partial charge on any atom is 0.416 e. The lowest BCUT2D eigenvalue weighted by atomic mass is 9.99. The van der Waals surface area contributed by atoms with Gasteiger partial charge in [-0.3, -0.25) is 4.79 Å². The Hall–Kier alpha value is -2.40. The first kappa shape index (κ1) is 28.2. The summed E-state index contributed by atoms with van der Waals surface area (Å²) in [5.41, 5.74) is -0.994. The summed E-state index contributed by atoms with van der Waals surface area (Å²) >= 11 is 0. The van der Waals surface area contributed by atoms with Gasteiger partial charge in [0.1, 0.15) is 0 Å². The molecule has 3 rings (SSSR count). The molecule has 0 saturated carbocycles. The number of aryl methyl sites for hydroxylation is 1. The van der Waals surface area contributed by atoms with Crippen molar-refractivity contribution in [2.24, 2.45) is 5.92 Å². The van der Waals surface area contributed by atoms with Crippen molar-refractivity contribution in [2.45, 2.75) is 82.6 Å². The zero-order valence-corrected chi connectivity index (χ0v) is 21.8. The van der Waals surface area contributed by atoms with E-state index in [2.05, 4.69) is 4.98 Å². The fourth-order valence-electron chi connectivity index (χ4n) is 4.79. The number of imidazole rings is 1. The summed E-state index contributed by atoms with van der Waals surface area (Å²) in [6.45, 7) is 7.05. The highest BCUT2D eigenvalue weighted by atomic mass is 32.2. The van der Waals surface area contributed by atoms with E-state index in [0.717, 1.165) is 37.9 Å². The molecule has 2 aromatic rings. The first-order valence-electron chi connectivity index (χ1n) is 12.4. The van der Waals surface area contributed by atoms with Crippen molar-refractivity contribution in [1.29, 1.82) is 0 Å². The van der Waals surface area contributed by atoms with E-state index in [0.29, 0.717) is 32.0 Å². The standard InChI is InChI=1S/C25H35F3N4O3S/c1-19(2)32(36(34,35)23-9-6-8-21(17-23)25(26,27)28)22-10-14-31(15-11-22)24(33)20(3)7-4-5-13-30-16-12-29-18-30/h6,8-9,12,16-20,22H,4-5,7,10-11,13-15H2,1-3H3. The lowest BCUT2D eigenvalue weighted by molar-refractivity contribution is -0.138. The van der Waals surface area contributed by atoms with E-state index in [4.69, 9.17) is 0 Å². The quantitative estimate of drug-likeness (QED) is 0.415. The molecule has 1 aliphatic rings. The molecule has 7 nitrogen and oxygen atoms in total. The number of carbonyl (C=O) groups is 1. The predicted octanol–water partition coefficient (Wildman–Crippen LogP) is 4.80. The van der Waals surface area contributed by atoms with Gasteiger partial charge >= 0.3 is 6.18 Å². The molecule has 1 saturated heterocycles. The van der Waals surface area contributed by atoms with Gasteiger partial charge in [-0.05, 0) is 57.7 Å². The molecule has 36 heavy (non-hydrogen) atoms. The van der Waals surface area contributed by atoms with Crippen LogP contribution in [0.5, 0.6) is 0 Å². The number of alkyl halides is 3.